The highest BCUT2D eigenvalue weighted by atomic mass is 32.1. The Morgan fingerprint density at radius 3 is 2.65 bits per heavy atom. The normalized spacial score (nSPS) is 12.5. The Kier molecular flexibility index (Phi) is 4.74. The van der Waals surface area contributed by atoms with Crippen LogP contribution in [-0.4, -0.2) is 13.2 Å². The lowest BCUT2D eigenvalue weighted by Crippen LogP contribution is -2.17. The van der Waals surface area contributed by atoms with Crippen LogP contribution in [0.1, 0.15) is 16.5 Å². The minimum absolute atomic E-state index is 0.0282. The van der Waals surface area contributed by atoms with Gasteiger partial charge in [0.15, 0.2) is 0 Å². The molecule has 0 radical (unpaired) electrons. The first-order valence-corrected chi connectivity index (χ1v) is 6.65. The summed E-state index contributed by atoms with van der Waals surface area (Å²) >= 11 is 1.77. The van der Waals surface area contributed by atoms with Gasteiger partial charge in [0.1, 0.15) is 0 Å². The SMILES string of the molecule is NC(COCCc1cccs1)c1ccccc1. The van der Waals surface area contributed by atoms with Gasteiger partial charge >= 0.3 is 0 Å². The Labute approximate surface area is 106 Å². The summed E-state index contributed by atoms with van der Waals surface area (Å²) in [6.07, 6.45) is 0.971. The molecular weight excluding hydrogens is 230 g/mol. The summed E-state index contributed by atoms with van der Waals surface area (Å²) in [6.45, 7) is 1.32. The molecule has 0 saturated heterocycles. The summed E-state index contributed by atoms with van der Waals surface area (Å²) in [7, 11) is 0. The van der Waals surface area contributed by atoms with E-state index >= 15 is 0 Å². The van der Waals surface area contributed by atoms with E-state index in [0.29, 0.717) is 6.61 Å². The highest BCUT2D eigenvalue weighted by molar-refractivity contribution is 7.09. The quantitative estimate of drug-likeness (QED) is 0.796. The van der Waals surface area contributed by atoms with Crippen molar-refractivity contribution in [1.82, 2.24) is 0 Å². The fourth-order valence-corrected chi connectivity index (χ4v) is 2.32. The van der Waals surface area contributed by atoms with Crippen LogP contribution in [0.3, 0.4) is 0 Å². The average molecular weight is 247 g/mol. The Morgan fingerprint density at radius 1 is 1.12 bits per heavy atom. The lowest BCUT2D eigenvalue weighted by molar-refractivity contribution is 0.124. The van der Waals surface area contributed by atoms with E-state index in [4.69, 9.17) is 10.5 Å². The van der Waals surface area contributed by atoms with Crippen LogP contribution >= 0.6 is 11.3 Å². The third-order valence-electron chi connectivity index (χ3n) is 2.60. The van der Waals surface area contributed by atoms with Crippen molar-refractivity contribution in [3.8, 4) is 0 Å². The summed E-state index contributed by atoms with van der Waals surface area (Å²) < 4.78 is 5.60. The van der Waals surface area contributed by atoms with Crippen molar-refractivity contribution in [3.05, 3.63) is 58.3 Å². The van der Waals surface area contributed by atoms with Crippen LogP contribution in [0.4, 0.5) is 0 Å². The predicted molar refractivity (Wildman–Crippen MR) is 72.2 cm³/mol. The standard InChI is InChI=1S/C14H17NOS/c15-14(12-5-2-1-3-6-12)11-16-9-8-13-7-4-10-17-13/h1-7,10,14H,8-9,11,15H2. The molecule has 0 saturated carbocycles. The van der Waals surface area contributed by atoms with Crippen molar-refractivity contribution in [2.24, 2.45) is 5.73 Å². The lowest BCUT2D eigenvalue weighted by Gasteiger charge is -2.12. The van der Waals surface area contributed by atoms with E-state index in [1.165, 1.54) is 4.88 Å². The first kappa shape index (κ1) is 12.3. The Hall–Kier alpha value is -1.16. The van der Waals surface area contributed by atoms with Gasteiger partial charge in [-0.3, -0.25) is 0 Å². The van der Waals surface area contributed by atoms with Crippen molar-refractivity contribution in [2.75, 3.05) is 13.2 Å². The minimum atomic E-state index is -0.0282. The second kappa shape index (κ2) is 6.55. The van der Waals surface area contributed by atoms with E-state index < -0.39 is 0 Å². The topological polar surface area (TPSA) is 35.2 Å². The maximum Gasteiger partial charge on any atom is 0.0659 e. The second-order valence-electron chi connectivity index (χ2n) is 3.92. The van der Waals surface area contributed by atoms with Crippen molar-refractivity contribution in [1.29, 1.82) is 0 Å². The zero-order valence-corrected chi connectivity index (χ0v) is 10.5. The van der Waals surface area contributed by atoms with Gasteiger partial charge in [0, 0.05) is 11.3 Å². The van der Waals surface area contributed by atoms with Crippen LogP contribution in [-0.2, 0) is 11.2 Å². The van der Waals surface area contributed by atoms with Crippen LogP contribution in [0.5, 0.6) is 0 Å². The molecular formula is C14H17NOS. The third-order valence-corrected chi connectivity index (χ3v) is 3.53. The Balaban J connectivity index is 1.68. The van der Waals surface area contributed by atoms with Gasteiger partial charge in [-0.1, -0.05) is 36.4 Å². The summed E-state index contributed by atoms with van der Waals surface area (Å²) in [6, 6.07) is 14.2. The fourth-order valence-electron chi connectivity index (χ4n) is 1.63. The monoisotopic (exact) mass is 247 g/mol. The first-order chi connectivity index (χ1) is 8.36. The van der Waals surface area contributed by atoms with Gasteiger partial charge in [-0.2, -0.15) is 0 Å². The smallest absolute Gasteiger partial charge is 0.0659 e. The largest absolute Gasteiger partial charge is 0.379 e. The zero-order chi connectivity index (χ0) is 11.9. The number of ether oxygens (including phenoxy) is 1. The minimum Gasteiger partial charge on any atom is -0.379 e. The summed E-state index contributed by atoms with van der Waals surface area (Å²) in [5, 5.41) is 2.09. The van der Waals surface area contributed by atoms with Gasteiger partial charge in [-0.15, -0.1) is 11.3 Å². The molecule has 1 atom stereocenters. The molecule has 2 nitrogen and oxygen atoms in total. The molecule has 2 rings (SSSR count). The second-order valence-corrected chi connectivity index (χ2v) is 4.95. The van der Waals surface area contributed by atoms with Crippen LogP contribution < -0.4 is 5.73 Å². The summed E-state index contributed by atoms with van der Waals surface area (Å²) in [4.78, 5) is 1.36. The number of rotatable bonds is 6. The molecule has 0 amide bonds. The molecule has 1 aromatic heterocycles. The van der Waals surface area contributed by atoms with E-state index in [1.807, 2.05) is 30.3 Å². The number of thiophene rings is 1. The molecule has 0 bridgehead atoms. The Bertz CT molecular complexity index is 413. The van der Waals surface area contributed by atoms with Crippen molar-refractivity contribution < 1.29 is 4.74 Å². The molecule has 3 heteroatoms. The molecule has 1 unspecified atom stereocenters. The van der Waals surface area contributed by atoms with E-state index in [2.05, 4.69) is 17.5 Å². The molecule has 2 N–H and O–H groups in total. The third kappa shape index (κ3) is 3.97. The van der Waals surface area contributed by atoms with E-state index in [-0.39, 0.29) is 6.04 Å². The van der Waals surface area contributed by atoms with E-state index in [9.17, 15) is 0 Å². The maximum absolute atomic E-state index is 6.03. The zero-order valence-electron chi connectivity index (χ0n) is 9.71. The molecule has 0 aliphatic carbocycles. The molecule has 1 heterocycles. The van der Waals surface area contributed by atoms with Gasteiger partial charge in [0.25, 0.3) is 0 Å². The highest BCUT2D eigenvalue weighted by Gasteiger charge is 2.04. The van der Waals surface area contributed by atoms with Crippen LogP contribution in [0, 0.1) is 0 Å². The number of nitrogens with two attached hydrogens (primary N) is 1. The molecule has 2 aromatic rings. The molecule has 1 aromatic carbocycles. The number of hydrogen-bond donors (Lipinski definition) is 1. The molecule has 0 aliphatic heterocycles. The van der Waals surface area contributed by atoms with Crippen molar-refractivity contribution >= 4 is 11.3 Å². The molecule has 17 heavy (non-hydrogen) atoms. The molecule has 0 spiro atoms. The number of benzene rings is 1. The average Bonchev–Trinajstić information content (AvgIpc) is 2.88. The molecule has 0 fully saturated rings. The maximum atomic E-state index is 6.03. The summed E-state index contributed by atoms with van der Waals surface area (Å²) in [5.41, 5.74) is 7.16. The van der Waals surface area contributed by atoms with Crippen LogP contribution in [0.15, 0.2) is 47.8 Å². The van der Waals surface area contributed by atoms with E-state index in [0.717, 1.165) is 18.6 Å². The highest BCUT2D eigenvalue weighted by Crippen LogP contribution is 2.11. The van der Waals surface area contributed by atoms with Gasteiger partial charge in [-0.25, -0.2) is 0 Å². The molecule has 0 aliphatic rings. The Morgan fingerprint density at radius 2 is 1.94 bits per heavy atom. The predicted octanol–water partition coefficient (Wildman–Crippen LogP) is 3.01. The molecule has 90 valence electrons. The van der Waals surface area contributed by atoms with Gasteiger partial charge < -0.3 is 10.5 Å². The number of hydrogen-bond acceptors (Lipinski definition) is 3. The lowest BCUT2D eigenvalue weighted by atomic mass is 10.1. The van der Waals surface area contributed by atoms with Crippen molar-refractivity contribution in [3.63, 3.8) is 0 Å². The van der Waals surface area contributed by atoms with Gasteiger partial charge in [-0.05, 0) is 17.0 Å². The fraction of sp³-hybridized carbons (Fsp3) is 0.286. The van der Waals surface area contributed by atoms with Crippen LogP contribution in [0.2, 0.25) is 0 Å². The van der Waals surface area contributed by atoms with Gasteiger partial charge in [0.05, 0.1) is 19.3 Å². The van der Waals surface area contributed by atoms with Crippen molar-refractivity contribution in [2.45, 2.75) is 12.5 Å². The summed E-state index contributed by atoms with van der Waals surface area (Å²) in [5.74, 6) is 0. The van der Waals surface area contributed by atoms with E-state index in [1.54, 1.807) is 11.3 Å². The first-order valence-electron chi connectivity index (χ1n) is 5.77. The van der Waals surface area contributed by atoms with Gasteiger partial charge in [0.2, 0.25) is 0 Å². The van der Waals surface area contributed by atoms with Crippen LogP contribution in [0.25, 0.3) is 0 Å².